The van der Waals surface area contributed by atoms with Crippen LogP contribution in [-0.4, -0.2) is 30.2 Å². The van der Waals surface area contributed by atoms with Crippen molar-refractivity contribution in [1.29, 1.82) is 0 Å². The van der Waals surface area contributed by atoms with E-state index in [2.05, 4.69) is 10.3 Å². The molecule has 1 aromatic heterocycles. The lowest BCUT2D eigenvalue weighted by Crippen LogP contribution is -2.04. The minimum Gasteiger partial charge on any atom is -0.494 e. The Bertz CT molecular complexity index is 325. The topological polar surface area (TPSA) is 71.5 Å². The van der Waals surface area contributed by atoms with Crippen LogP contribution in [0.2, 0.25) is 0 Å². The summed E-state index contributed by atoms with van der Waals surface area (Å²) >= 11 is 0. The van der Waals surface area contributed by atoms with Gasteiger partial charge < -0.3 is 15.2 Å². The third kappa shape index (κ3) is 1.87. The van der Waals surface area contributed by atoms with Crippen molar-refractivity contribution in [3.8, 4) is 5.75 Å². The van der Waals surface area contributed by atoms with Gasteiger partial charge in [-0.05, 0) is 0 Å². The van der Waals surface area contributed by atoms with Gasteiger partial charge >= 0.3 is 5.97 Å². The first-order valence-corrected chi connectivity index (χ1v) is 3.64. The molecule has 13 heavy (non-hydrogen) atoms. The molecule has 0 atom stereocenters. The first-order chi connectivity index (χ1) is 6.19. The molecule has 0 fully saturated rings. The van der Waals surface area contributed by atoms with Crippen LogP contribution in [0.5, 0.6) is 5.75 Å². The number of ether oxygens (including phenoxy) is 1. The summed E-state index contributed by atoms with van der Waals surface area (Å²) in [5.41, 5.74) is 0.628. The molecule has 0 saturated carbocycles. The van der Waals surface area contributed by atoms with Gasteiger partial charge in [-0.25, -0.2) is 9.78 Å². The molecule has 0 aliphatic rings. The molecular formula is C8H10N2O3. The highest BCUT2D eigenvalue weighted by Crippen LogP contribution is 2.19. The van der Waals surface area contributed by atoms with Crippen molar-refractivity contribution >= 4 is 11.7 Å². The molecule has 70 valence electrons. The van der Waals surface area contributed by atoms with Gasteiger partial charge in [0.25, 0.3) is 0 Å². The van der Waals surface area contributed by atoms with Gasteiger partial charge in [-0.2, -0.15) is 0 Å². The van der Waals surface area contributed by atoms with Crippen molar-refractivity contribution < 1.29 is 14.6 Å². The summed E-state index contributed by atoms with van der Waals surface area (Å²) in [6, 6.07) is 1.58. The zero-order valence-electron chi connectivity index (χ0n) is 7.37. The van der Waals surface area contributed by atoms with Crippen LogP contribution in [-0.2, 0) is 0 Å². The number of carboxylic acids is 1. The van der Waals surface area contributed by atoms with Crippen LogP contribution in [0, 0.1) is 0 Å². The molecule has 0 aliphatic heterocycles. The number of nitrogens with one attached hydrogen (secondary N) is 1. The Morgan fingerprint density at radius 3 is 2.85 bits per heavy atom. The summed E-state index contributed by atoms with van der Waals surface area (Å²) in [6.07, 6.45) is 1.44. The lowest BCUT2D eigenvalue weighted by molar-refractivity contribution is 0.0686. The number of hydrogen-bond donors (Lipinski definition) is 2. The highest BCUT2D eigenvalue weighted by atomic mass is 16.5. The van der Waals surface area contributed by atoms with E-state index in [1.807, 2.05) is 0 Å². The molecule has 0 unspecified atom stereocenters. The molecule has 2 N–H and O–H groups in total. The molecule has 1 aromatic rings. The van der Waals surface area contributed by atoms with E-state index in [0.29, 0.717) is 5.69 Å². The lowest BCUT2D eigenvalue weighted by Gasteiger charge is -2.05. The number of pyridine rings is 1. The van der Waals surface area contributed by atoms with Gasteiger partial charge in [-0.15, -0.1) is 0 Å². The van der Waals surface area contributed by atoms with E-state index in [-0.39, 0.29) is 11.4 Å². The second-order valence-electron chi connectivity index (χ2n) is 2.33. The van der Waals surface area contributed by atoms with E-state index in [0.717, 1.165) is 0 Å². The SMILES string of the molecule is CNc1cnc(C(=O)O)c(OC)c1. The summed E-state index contributed by atoms with van der Waals surface area (Å²) in [4.78, 5) is 14.4. The average Bonchev–Trinajstić information content (AvgIpc) is 2.16. The van der Waals surface area contributed by atoms with Crippen molar-refractivity contribution in [2.75, 3.05) is 19.5 Å². The van der Waals surface area contributed by atoms with Crippen LogP contribution in [0.3, 0.4) is 0 Å². The number of carboxylic acid groups (broad SMARTS) is 1. The van der Waals surface area contributed by atoms with E-state index < -0.39 is 5.97 Å². The van der Waals surface area contributed by atoms with Gasteiger partial charge in [-0.1, -0.05) is 0 Å². The lowest BCUT2D eigenvalue weighted by atomic mass is 10.3. The first-order valence-electron chi connectivity index (χ1n) is 3.64. The van der Waals surface area contributed by atoms with Gasteiger partial charge in [0.1, 0.15) is 0 Å². The molecule has 1 heterocycles. The van der Waals surface area contributed by atoms with E-state index in [4.69, 9.17) is 9.84 Å². The number of nitrogens with zero attached hydrogens (tertiary/aromatic N) is 1. The Morgan fingerprint density at radius 1 is 1.69 bits per heavy atom. The van der Waals surface area contributed by atoms with Crippen molar-refractivity contribution in [1.82, 2.24) is 4.98 Å². The van der Waals surface area contributed by atoms with Gasteiger partial charge in [0.15, 0.2) is 11.4 Å². The molecule has 1 rings (SSSR count). The molecule has 0 radical (unpaired) electrons. The number of hydrogen-bond acceptors (Lipinski definition) is 4. The van der Waals surface area contributed by atoms with Crippen LogP contribution in [0.4, 0.5) is 5.69 Å². The molecule has 0 saturated heterocycles. The minimum atomic E-state index is -1.10. The largest absolute Gasteiger partial charge is 0.494 e. The van der Waals surface area contributed by atoms with Gasteiger partial charge in [0, 0.05) is 13.1 Å². The Kier molecular flexibility index (Phi) is 2.69. The number of aromatic carboxylic acids is 1. The predicted molar refractivity (Wildman–Crippen MR) is 47.3 cm³/mol. The normalized spacial score (nSPS) is 9.38. The zero-order chi connectivity index (χ0) is 9.84. The van der Waals surface area contributed by atoms with Crippen molar-refractivity contribution in [2.45, 2.75) is 0 Å². The van der Waals surface area contributed by atoms with Crippen molar-refractivity contribution in [3.63, 3.8) is 0 Å². The number of rotatable bonds is 3. The van der Waals surface area contributed by atoms with E-state index in [9.17, 15) is 4.79 Å². The third-order valence-electron chi connectivity index (χ3n) is 1.56. The molecule has 0 bridgehead atoms. The maximum atomic E-state index is 10.6. The van der Waals surface area contributed by atoms with Crippen LogP contribution in [0.1, 0.15) is 10.5 Å². The van der Waals surface area contributed by atoms with E-state index in [1.54, 1.807) is 13.1 Å². The second-order valence-corrected chi connectivity index (χ2v) is 2.33. The van der Waals surface area contributed by atoms with Crippen molar-refractivity contribution in [2.24, 2.45) is 0 Å². The Labute approximate surface area is 75.4 Å². The average molecular weight is 182 g/mol. The number of methoxy groups -OCH3 is 1. The van der Waals surface area contributed by atoms with E-state index in [1.165, 1.54) is 13.3 Å². The van der Waals surface area contributed by atoms with Crippen LogP contribution >= 0.6 is 0 Å². The molecule has 5 nitrogen and oxygen atoms in total. The maximum absolute atomic E-state index is 10.6. The Balaban J connectivity index is 3.15. The quantitative estimate of drug-likeness (QED) is 0.724. The van der Waals surface area contributed by atoms with Gasteiger partial charge in [0.2, 0.25) is 0 Å². The Hall–Kier alpha value is -1.78. The molecular weight excluding hydrogens is 172 g/mol. The molecule has 0 aromatic carbocycles. The van der Waals surface area contributed by atoms with Gasteiger partial charge in [0.05, 0.1) is 19.0 Å². The molecule has 0 spiro atoms. The molecule has 0 aliphatic carbocycles. The number of aromatic nitrogens is 1. The fourth-order valence-electron chi connectivity index (χ4n) is 0.898. The summed E-state index contributed by atoms with van der Waals surface area (Å²) in [7, 11) is 3.12. The van der Waals surface area contributed by atoms with Crippen molar-refractivity contribution in [3.05, 3.63) is 18.0 Å². The highest BCUT2D eigenvalue weighted by molar-refractivity contribution is 5.89. The monoisotopic (exact) mass is 182 g/mol. The second kappa shape index (κ2) is 3.75. The predicted octanol–water partition coefficient (Wildman–Crippen LogP) is 0.830. The zero-order valence-corrected chi connectivity index (χ0v) is 7.37. The van der Waals surface area contributed by atoms with E-state index >= 15 is 0 Å². The molecule has 5 heteroatoms. The first kappa shape index (κ1) is 9.31. The van der Waals surface area contributed by atoms with Crippen LogP contribution in [0.15, 0.2) is 12.3 Å². The standard InChI is InChI=1S/C8H10N2O3/c1-9-5-3-6(13-2)7(8(11)12)10-4-5/h3-4,9H,1-2H3,(H,11,12). The summed E-state index contributed by atoms with van der Waals surface area (Å²) < 4.78 is 4.87. The molecule has 0 amide bonds. The van der Waals surface area contributed by atoms with Crippen LogP contribution in [0.25, 0.3) is 0 Å². The summed E-state index contributed by atoms with van der Waals surface area (Å²) in [6.45, 7) is 0. The third-order valence-corrected chi connectivity index (χ3v) is 1.56. The smallest absolute Gasteiger partial charge is 0.358 e. The number of carbonyl (C=O) groups is 1. The van der Waals surface area contributed by atoms with Gasteiger partial charge in [-0.3, -0.25) is 0 Å². The van der Waals surface area contributed by atoms with Crippen LogP contribution < -0.4 is 10.1 Å². The number of anilines is 1. The highest BCUT2D eigenvalue weighted by Gasteiger charge is 2.12. The summed E-state index contributed by atoms with van der Waals surface area (Å²) in [5, 5.41) is 11.5. The summed E-state index contributed by atoms with van der Waals surface area (Å²) in [5.74, 6) is -0.848. The maximum Gasteiger partial charge on any atom is 0.358 e. The minimum absolute atomic E-state index is 0.0819. The fraction of sp³-hybridized carbons (Fsp3) is 0.250. The fourth-order valence-corrected chi connectivity index (χ4v) is 0.898. The Morgan fingerprint density at radius 2 is 2.38 bits per heavy atom.